The largest absolute Gasteiger partial charge is 0.494 e. The molecule has 92 valence electrons. The van der Waals surface area contributed by atoms with Gasteiger partial charge in [0.15, 0.2) is 4.77 Å². The van der Waals surface area contributed by atoms with E-state index in [0.29, 0.717) is 0 Å². The van der Waals surface area contributed by atoms with Crippen molar-refractivity contribution in [3.05, 3.63) is 20.7 Å². The van der Waals surface area contributed by atoms with E-state index in [1.165, 1.54) is 10.8 Å². The van der Waals surface area contributed by atoms with Gasteiger partial charge in [-0.05, 0) is 25.1 Å². The molecule has 1 saturated carbocycles. The van der Waals surface area contributed by atoms with E-state index in [-0.39, 0.29) is 35.4 Å². The molecular formula is C10H13N3O3S. The summed E-state index contributed by atoms with van der Waals surface area (Å²) in [6, 6.07) is 0.171. The number of aromatic nitrogens is 2. The second-order valence-corrected chi connectivity index (χ2v) is 4.24. The molecule has 6 nitrogen and oxygen atoms in total. The molecule has 0 unspecified atom stereocenters. The number of aromatic amines is 1. The Balaban J connectivity index is 2.47. The fraction of sp³-hybridized carbons (Fsp3) is 0.500. The van der Waals surface area contributed by atoms with Crippen LogP contribution in [0, 0.1) is 4.77 Å². The van der Waals surface area contributed by atoms with Gasteiger partial charge in [0.1, 0.15) is 5.56 Å². The molecule has 0 aliphatic heterocycles. The first kappa shape index (κ1) is 12.0. The highest BCUT2D eigenvalue weighted by Crippen LogP contribution is 2.37. The van der Waals surface area contributed by atoms with Crippen LogP contribution in [-0.2, 0) is 0 Å². The highest BCUT2D eigenvalue weighted by atomic mass is 32.1. The van der Waals surface area contributed by atoms with Crippen LogP contribution in [0.3, 0.4) is 0 Å². The van der Waals surface area contributed by atoms with Crippen molar-refractivity contribution in [1.29, 1.82) is 0 Å². The van der Waals surface area contributed by atoms with E-state index in [1.807, 2.05) is 0 Å². The standard InChI is InChI=1S/C10H13N3O3S/c14-4-3-11-5-7-8(15)12-10(17)13(9(7)16)6-1-2-6/h5-6,14,16H,1-4H2,(H,12,15,17). The van der Waals surface area contributed by atoms with Gasteiger partial charge in [-0.2, -0.15) is 0 Å². The summed E-state index contributed by atoms with van der Waals surface area (Å²) in [7, 11) is 0. The van der Waals surface area contributed by atoms with Crippen molar-refractivity contribution >= 4 is 18.4 Å². The molecule has 0 spiro atoms. The molecule has 0 bridgehead atoms. The average Bonchev–Trinajstić information content (AvgIpc) is 3.07. The van der Waals surface area contributed by atoms with Gasteiger partial charge in [0.25, 0.3) is 5.56 Å². The van der Waals surface area contributed by atoms with E-state index >= 15 is 0 Å². The third-order valence-electron chi connectivity index (χ3n) is 2.51. The zero-order valence-corrected chi connectivity index (χ0v) is 9.90. The summed E-state index contributed by atoms with van der Waals surface area (Å²) >= 11 is 5.00. The maximum absolute atomic E-state index is 11.6. The first-order valence-corrected chi connectivity index (χ1v) is 5.74. The Bertz CT molecular complexity index is 557. The van der Waals surface area contributed by atoms with Crippen LogP contribution in [-0.4, -0.2) is 39.1 Å². The van der Waals surface area contributed by atoms with Gasteiger partial charge in [-0.1, -0.05) is 0 Å². The maximum Gasteiger partial charge on any atom is 0.264 e. The van der Waals surface area contributed by atoms with Gasteiger partial charge >= 0.3 is 0 Å². The van der Waals surface area contributed by atoms with Crippen molar-refractivity contribution in [3.63, 3.8) is 0 Å². The average molecular weight is 255 g/mol. The van der Waals surface area contributed by atoms with Gasteiger partial charge in [0.2, 0.25) is 5.88 Å². The van der Waals surface area contributed by atoms with Crippen molar-refractivity contribution in [2.24, 2.45) is 4.99 Å². The highest BCUT2D eigenvalue weighted by Gasteiger charge is 2.27. The minimum atomic E-state index is -0.467. The van der Waals surface area contributed by atoms with Crippen LogP contribution < -0.4 is 5.56 Å². The van der Waals surface area contributed by atoms with E-state index in [2.05, 4.69) is 9.98 Å². The van der Waals surface area contributed by atoms with Gasteiger partial charge in [-0.15, -0.1) is 0 Å². The van der Waals surface area contributed by atoms with Crippen LogP contribution in [0.2, 0.25) is 0 Å². The first-order chi connectivity index (χ1) is 8.15. The van der Waals surface area contributed by atoms with Crippen LogP contribution in [0.25, 0.3) is 0 Å². The lowest BCUT2D eigenvalue weighted by atomic mass is 10.3. The predicted octanol–water partition coefficient (Wildman–Crippen LogP) is 0.358. The van der Waals surface area contributed by atoms with Crippen LogP contribution in [0.1, 0.15) is 24.4 Å². The molecule has 0 atom stereocenters. The maximum atomic E-state index is 11.6. The third kappa shape index (κ3) is 2.45. The number of H-pyrrole nitrogens is 1. The van der Waals surface area contributed by atoms with E-state index in [0.717, 1.165) is 12.8 Å². The summed E-state index contributed by atoms with van der Waals surface area (Å²) in [5, 5.41) is 18.6. The molecule has 1 heterocycles. The quantitative estimate of drug-likeness (QED) is 0.535. The SMILES string of the molecule is O=c1[nH]c(=S)n(C2CC2)c(O)c1C=NCCO. The topological polar surface area (TPSA) is 90.6 Å². The summed E-state index contributed by atoms with van der Waals surface area (Å²) in [5.41, 5.74) is -0.384. The molecule has 17 heavy (non-hydrogen) atoms. The Kier molecular flexibility index (Phi) is 3.39. The Labute approximate surface area is 102 Å². The molecule has 0 amide bonds. The number of hydrogen-bond donors (Lipinski definition) is 3. The van der Waals surface area contributed by atoms with Crippen molar-refractivity contribution in [1.82, 2.24) is 9.55 Å². The second-order valence-electron chi connectivity index (χ2n) is 3.86. The highest BCUT2D eigenvalue weighted by molar-refractivity contribution is 7.71. The minimum absolute atomic E-state index is 0.0824. The van der Waals surface area contributed by atoms with Gasteiger partial charge < -0.3 is 10.2 Å². The van der Waals surface area contributed by atoms with E-state index in [9.17, 15) is 9.90 Å². The normalized spacial score (nSPS) is 15.6. The Morgan fingerprint density at radius 1 is 1.59 bits per heavy atom. The van der Waals surface area contributed by atoms with Crippen molar-refractivity contribution in [2.45, 2.75) is 18.9 Å². The lowest BCUT2D eigenvalue weighted by Crippen LogP contribution is -2.18. The summed E-state index contributed by atoms with van der Waals surface area (Å²) in [5.74, 6) is -0.150. The smallest absolute Gasteiger partial charge is 0.264 e. The van der Waals surface area contributed by atoms with Crippen LogP contribution in [0.4, 0.5) is 0 Å². The first-order valence-electron chi connectivity index (χ1n) is 5.33. The van der Waals surface area contributed by atoms with E-state index < -0.39 is 5.56 Å². The van der Waals surface area contributed by atoms with Crippen molar-refractivity contribution in [3.8, 4) is 5.88 Å². The molecule has 1 aromatic heterocycles. The number of aliphatic hydroxyl groups excluding tert-OH is 1. The van der Waals surface area contributed by atoms with E-state index in [4.69, 9.17) is 17.3 Å². The van der Waals surface area contributed by atoms with Gasteiger partial charge in [0.05, 0.1) is 13.2 Å². The van der Waals surface area contributed by atoms with Crippen LogP contribution >= 0.6 is 12.2 Å². The summed E-state index contributed by atoms with van der Waals surface area (Å²) in [6.45, 7) is 0.0921. The number of hydrogen-bond acceptors (Lipinski definition) is 5. The molecule has 1 aromatic rings. The van der Waals surface area contributed by atoms with Crippen LogP contribution in [0.15, 0.2) is 9.79 Å². The Morgan fingerprint density at radius 3 is 2.88 bits per heavy atom. The second kappa shape index (κ2) is 4.80. The molecule has 1 aliphatic rings. The fourth-order valence-corrected chi connectivity index (χ4v) is 1.88. The molecule has 2 rings (SSSR count). The molecule has 0 saturated heterocycles. The molecule has 1 fully saturated rings. The summed E-state index contributed by atoms with van der Waals surface area (Å²) in [4.78, 5) is 17.9. The lowest BCUT2D eigenvalue weighted by molar-refractivity contribution is 0.307. The Hall–Kier alpha value is -1.47. The molecule has 0 radical (unpaired) electrons. The number of aliphatic imine (C=N–C) groups is 1. The number of nitrogens with one attached hydrogen (secondary N) is 1. The zero-order valence-electron chi connectivity index (χ0n) is 9.09. The third-order valence-corrected chi connectivity index (χ3v) is 2.81. The van der Waals surface area contributed by atoms with E-state index in [1.54, 1.807) is 0 Å². The summed E-state index contributed by atoms with van der Waals surface area (Å²) in [6.07, 6.45) is 3.15. The molecule has 1 aliphatic carbocycles. The Morgan fingerprint density at radius 2 is 2.29 bits per heavy atom. The lowest BCUT2D eigenvalue weighted by Gasteiger charge is -2.09. The molecule has 3 N–H and O–H groups in total. The number of nitrogens with zero attached hydrogens (tertiary/aromatic N) is 2. The summed E-state index contributed by atoms with van der Waals surface area (Å²) < 4.78 is 1.77. The number of aliphatic hydroxyl groups is 1. The van der Waals surface area contributed by atoms with Gasteiger partial charge in [-0.25, -0.2) is 0 Å². The van der Waals surface area contributed by atoms with Gasteiger partial charge in [-0.3, -0.25) is 19.3 Å². The molecule has 7 heteroatoms. The molecular weight excluding hydrogens is 242 g/mol. The van der Waals surface area contributed by atoms with Gasteiger partial charge in [0, 0.05) is 12.3 Å². The predicted molar refractivity (Wildman–Crippen MR) is 65.4 cm³/mol. The monoisotopic (exact) mass is 255 g/mol. The molecule has 0 aromatic carbocycles. The zero-order chi connectivity index (χ0) is 12.4. The van der Waals surface area contributed by atoms with Crippen molar-refractivity contribution in [2.75, 3.05) is 13.2 Å². The van der Waals surface area contributed by atoms with Crippen LogP contribution in [0.5, 0.6) is 5.88 Å². The minimum Gasteiger partial charge on any atom is -0.494 e. The fourth-order valence-electron chi connectivity index (χ4n) is 1.55. The van der Waals surface area contributed by atoms with Crippen molar-refractivity contribution < 1.29 is 10.2 Å². The number of rotatable bonds is 4. The number of aromatic hydroxyl groups is 1.